The monoisotopic (exact) mass is 271 g/mol. The fraction of sp³-hybridized carbons (Fsp3) is 0.857. The van der Waals surface area contributed by atoms with Crippen LogP contribution in [-0.4, -0.2) is 50.2 Å². The second-order valence-electron chi connectivity index (χ2n) is 5.23. The van der Waals surface area contributed by atoms with Crippen LogP contribution in [0.2, 0.25) is 0 Å². The summed E-state index contributed by atoms with van der Waals surface area (Å²) >= 11 is 0. The maximum absolute atomic E-state index is 12.0. The predicted octanol–water partition coefficient (Wildman–Crippen LogP) is 1.60. The summed E-state index contributed by atoms with van der Waals surface area (Å²) in [6.45, 7) is 2.98. The first-order valence-corrected chi connectivity index (χ1v) is 6.98. The third kappa shape index (κ3) is 5.59. The van der Waals surface area contributed by atoms with Gasteiger partial charge in [0.25, 0.3) is 0 Å². The molecule has 1 rings (SSSR count). The summed E-state index contributed by atoms with van der Waals surface area (Å²) in [4.78, 5) is 24.8. The molecule has 2 unspecified atom stereocenters. The van der Waals surface area contributed by atoms with Crippen molar-refractivity contribution < 1.29 is 19.1 Å². The van der Waals surface area contributed by atoms with Gasteiger partial charge in [0.1, 0.15) is 0 Å². The van der Waals surface area contributed by atoms with Gasteiger partial charge in [-0.3, -0.25) is 9.59 Å². The third-order valence-corrected chi connectivity index (χ3v) is 3.53. The molecule has 0 bridgehead atoms. The summed E-state index contributed by atoms with van der Waals surface area (Å²) in [5.74, 6) is -0.509. The molecule has 1 heterocycles. The van der Waals surface area contributed by atoms with Crippen LogP contribution in [0.3, 0.4) is 0 Å². The Morgan fingerprint density at radius 3 is 2.74 bits per heavy atom. The number of methoxy groups -OCH3 is 1. The van der Waals surface area contributed by atoms with Crippen molar-refractivity contribution in [1.82, 2.24) is 4.90 Å². The number of amides is 1. The summed E-state index contributed by atoms with van der Waals surface area (Å²) in [6, 6.07) is 0. The number of ether oxygens (including phenoxy) is 2. The zero-order valence-corrected chi connectivity index (χ0v) is 12.2. The molecular weight excluding hydrogens is 246 g/mol. The summed E-state index contributed by atoms with van der Waals surface area (Å²) < 4.78 is 10.3. The van der Waals surface area contributed by atoms with Gasteiger partial charge in [-0.25, -0.2) is 0 Å². The van der Waals surface area contributed by atoms with Crippen molar-refractivity contribution in [2.45, 2.75) is 45.1 Å². The van der Waals surface area contributed by atoms with E-state index < -0.39 is 0 Å². The molecule has 0 aromatic heterocycles. The number of carbonyl (C=O) groups is 2. The average Bonchev–Trinajstić information content (AvgIpc) is 2.44. The summed E-state index contributed by atoms with van der Waals surface area (Å²) in [5.41, 5.74) is 0. The highest BCUT2D eigenvalue weighted by atomic mass is 16.5. The first kappa shape index (κ1) is 16.0. The van der Waals surface area contributed by atoms with E-state index in [2.05, 4.69) is 4.74 Å². The van der Waals surface area contributed by atoms with Crippen molar-refractivity contribution in [3.8, 4) is 0 Å². The van der Waals surface area contributed by atoms with Crippen LogP contribution in [0, 0.1) is 5.92 Å². The Kier molecular flexibility index (Phi) is 6.84. The van der Waals surface area contributed by atoms with Gasteiger partial charge in [-0.2, -0.15) is 0 Å². The molecule has 2 atom stereocenters. The van der Waals surface area contributed by atoms with E-state index in [-0.39, 0.29) is 23.9 Å². The van der Waals surface area contributed by atoms with Gasteiger partial charge in [-0.1, -0.05) is 6.92 Å². The lowest BCUT2D eigenvalue weighted by atomic mass is 10.0. The fourth-order valence-electron chi connectivity index (χ4n) is 2.30. The molecule has 0 spiro atoms. The van der Waals surface area contributed by atoms with Crippen LogP contribution in [0.15, 0.2) is 0 Å². The second kappa shape index (κ2) is 8.15. The minimum Gasteiger partial charge on any atom is -0.469 e. The molecule has 0 N–H and O–H groups in total. The predicted molar refractivity (Wildman–Crippen MR) is 71.6 cm³/mol. The minimum absolute atomic E-state index is 0.0601. The number of hydrogen-bond acceptors (Lipinski definition) is 4. The van der Waals surface area contributed by atoms with Gasteiger partial charge in [0.15, 0.2) is 0 Å². The van der Waals surface area contributed by atoms with Crippen LogP contribution in [0.1, 0.15) is 39.0 Å². The molecular formula is C14H25NO4. The van der Waals surface area contributed by atoms with Crippen LogP contribution < -0.4 is 0 Å². The highest BCUT2D eigenvalue weighted by molar-refractivity contribution is 5.77. The van der Waals surface area contributed by atoms with Gasteiger partial charge in [-0.15, -0.1) is 0 Å². The maximum Gasteiger partial charge on any atom is 0.310 e. The molecule has 0 radical (unpaired) electrons. The van der Waals surface area contributed by atoms with Gasteiger partial charge in [0, 0.05) is 26.6 Å². The van der Waals surface area contributed by atoms with Crippen molar-refractivity contribution >= 4 is 11.9 Å². The summed E-state index contributed by atoms with van der Waals surface area (Å²) in [6.07, 6.45) is 4.85. The molecule has 1 fully saturated rings. The van der Waals surface area contributed by atoms with Gasteiger partial charge in [0.05, 0.1) is 19.1 Å². The minimum atomic E-state index is -0.287. The molecule has 0 saturated carbocycles. The van der Waals surface area contributed by atoms with Gasteiger partial charge < -0.3 is 14.4 Å². The van der Waals surface area contributed by atoms with Crippen LogP contribution in [-0.2, 0) is 19.1 Å². The quantitative estimate of drug-likeness (QED) is 0.689. The zero-order valence-electron chi connectivity index (χ0n) is 12.2. The Bertz CT molecular complexity index is 300. The Morgan fingerprint density at radius 1 is 1.42 bits per heavy atom. The molecule has 110 valence electrons. The Labute approximate surface area is 115 Å². The standard InChI is InChI=1S/C14H25NO4/c1-11(14(17)18-3)10-15(2)13(16)8-7-12-6-4-5-9-19-12/h11-12H,4-10H2,1-3H3. The SMILES string of the molecule is COC(=O)C(C)CN(C)C(=O)CCC1CCCCO1. The van der Waals surface area contributed by atoms with Crippen LogP contribution in [0.4, 0.5) is 0 Å². The lowest BCUT2D eigenvalue weighted by Crippen LogP contribution is -2.34. The molecule has 1 aliphatic rings. The summed E-state index contributed by atoms with van der Waals surface area (Å²) in [7, 11) is 3.09. The third-order valence-electron chi connectivity index (χ3n) is 3.53. The van der Waals surface area contributed by atoms with Crippen LogP contribution in [0.25, 0.3) is 0 Å². The first-order valence-electron chi connectivity index (χ1n) is 6.98. The molecule has 0 aliphatic carbocycles. The molecule has 0 aromatic rings. The fourth-order valence-corrected chi connectivity index (χ4v) is 2.30. The van der Waals surface area contributed by atoms with E-state index in [1.54, 1.807) is 18.9 Å². The topological polar surface area (TPSA) is 55.8 Å². The van der Waals surface area contributed by atoms with Gasteiger partial charge >= 0.3 is 5.97 Å². The van der Waals surface area contributed by atoms with Crippen molar-refractivity contribution in [1.29, 1.82) is 0 Å². The van der Waals surface area contributed by atoms with E-state index in [0.29, 0.717) is 13.0 Å². The summed E-state index contributed by atoms with van der Waals surface area (Å²) in [5, 5.41) is 0. The lowest BCUT2D eigenvalue weighted by Gasteiger charge is -2.24. The second-order valence-corrected chi connectivity index (χ2v) is 5.23. The van der Waals surface area contributed by atoms with Crippen molar-refractivity contribution in [2.75, 3.05) is 27.3 Å². The van der Waals surface area contributed by atoms with Crippen molar-refractivity contribution in [3.63, 3.8) is 0 Å². The average molecular weight is 271 g/mol. The highest BCUT2D eigenvalue weighted by Crippen LogP contribution is 2.17. The van der Waals surface area contributed by atoms with Crippen molar-refractivity contribution in [3.05, 3.63) is 0 Å². The maximum atomic E-state index is 12.0. The van der Waals surface area contributed by atoms with Crippen molar-refractivity contribution in [2.24, 2.45) is 5.92 Å². The number of nitrogens with zero attached hydrogens (tertiary/aromatic N) is 1. The highest BCUT2D eigenvalue weighted by Gasteiger charge is 2.20. The smallest absolute Gasteiger partial charge is 0.310 e. The first-order chi connectivity index (χ1) is 9.04. The Balaban J connectivity index is 2.25. The van der Waals surface area contributed by atoms with E-state index in [4.69, 9.17) is 4.74 Å². The van der Waals surface area contributed by atoms with E-state index in [1.807, 2.05) is 0 Å². The Hall–Kier alpha value is -1.10. The zero-order chi connectivity index (χ0) is 14.3. The number of carbonyl (C=O) groups excluding carboxylic acids is 2. The van der Waals surface area contributed by atoms with Crippen LogP contribution >= 0.6 is 0 Å². The van der Waals surface area contributed by atoms with E-state index >= 15 is 0 Å². The molecule has 1 saturated heterocycles. The number of hydrogen-bond donors (Lipinski definition) is 0. The van der Waals surface area contributed by atoms with Crippen LogP contribution in [0.5, 0.6) is 0 Å². The van der Waals surface area contributed by atoms with Gasteiger partial charge in [-0.05, 0) is 25.7 Å². The molecule has 5 heteroatoms. The van der Waals surface area contributed by atoms with E-state index in [1.165, 1.54) is 13.5 Å². The molecule has 0 aromatic carbocycles. The molecule has 1 amide bonds. The molecule has 19 heavy (non-hydrogen) atoms. The van der Waals surface area contributed by atoms with E-state index in [9.17, 15) is 9.59 Å². The normalized spacial score (nSPS) is 20.7. The number of esters is 1. The molecule has 5 nitrogen and oxygen atoms in total. The number of rotatable bonds is 6. The largest absolute Gasteiger partial charge is 0.469 e. The lowest BCUT2D eigenvalue weighted by molar-refractivity contribution is -0.146. The van der Waals surface area contributed by atoms with Gasteiger partial charge in [0.2, 0.25) is 5.91 Å². The Morgan fingerprint density at radius 2 is 2.16 bits per heavy atom. The molecule has 1 aliphatic heterocycles. The van der Waals surface area contributed by atoms with E-state index in [0.717, 1.165) is 25.9 Å².